The molecule has 1 aliphatic rings. The molecule has 0 saturated heterocycles. The van der Waals surface area contributed by atoms with Gasteiger partial charge in [-0.1, -0.05) is 42.5 Å². The SMILES string of the molecule is CC1(C)CC(NC(=O)/C(=C/c2cccs2)NC(=O)c2ccccc2)c2ccccc2O1. The predicted molar refractivity (Wildman–Crippen MR) is 123 cm³/mol. The zero-order valence-corrected chi connectivity index (χ0v) is 18.2. The van der Waals surface area contributed by atoms with E-state index in [1.807, 2.05) is 61.7 Å². The van der Waals surface area contributed by atoms with Crippen molar-refractivity contribution < 1.29 is 14.3 Å². The van der Waals surface area contributed by atoms with Crippen molar-refractivity contribution in [2.45, 2.75) is 31.9 Å². The Balaban J connectivity index is 1.60. The van der Waals surface area contributed by atoms with Gasteiger partial charge in [-0.2, -0.15) is 0 Å². The van der Waals surface area contributed by atoms with Gasteiger partial charge < -0.3 is 15.4 Å². The fourth-order valence-corrected chi connectivity index (χ4v) is 4.28. The lowest BCUT2D eigenvalue weighted by atomic mass is 9.89. The highest BCUT2D eigenvalue weighted by molar-refractivity contribution is 7.10. The van der Waals surface area contributed by atoms with Crippen LogP contribution in [0.5, 0.6) is 5.75 Å². The Kier molecular flexibility index (Phi) is 5.91. The molecule has 1 unspecified atom stereocenters. The summed E-state index contributed by atoms with van der Waals surface area (Å²) < 4.78 is 6.07. The summed E-state index contributed by atoms with van der Waals surface area (Å²) in [5.74, 6) is 0.0996. The van der Waals surface area contributed by atoms with Crippen LogP contribution in [-0.4, -0.2) is 17.4 Å². The maximum absolute atomic E-state index is 13.3. The molecule has 3 aromatic rings. The molecule has 2 amide bonds. The van der Waals surface area contributed by atoms with Crippen molar-refractivity contribution in [3.63, 3.8) is 0 Å². The molecule has 1 aromatic heterocycles. The van der Waals surface area contributed by atoms with E-state index in [4.69, 9.17) is 4.74 Å². The van der Waals surface area contributed by atoms with Crippen LogP contribution in [0.3, 0.4) is 0 Å². The number of benzene rings is 2. The second kappa shape index (κ2) is 8.78. The number of nitrogens with one attached hydrogen (secondary N) is 2. The summed E-state index contributed by atoms with van der Waals surface area (Å²) in [6.45, 7) is 4.00. The van der Waals surface area contributed by atoms with Crippen LogP contribution in [0.25, 0.3) is 6.08 Å². The molecule has 0 radical (unpaired) electrons. The summed E-state index contributed by atoms with van der Waals surface area (Å²) in [6.07, 6.45) is 2.33. The van der Waals surface area contributed by atoms with Gasteiger partial charge in [0.15, 0.2) is 0 Å². The molecule has 1 atom stereocenters. The van der Waals surface area contributed by atoms with Gasteiger partial charge in [0.05, 0.1) is 6.04 Å². The van der Waals surface area contributed by atoms with Gasteiger partial charge in [0.1, 0.15) is 17.0 Å². The highest BCUT2D eigenvalue weighted by Gasteiger charge is 2.34. The number of hydrogen-bond donors (Lipinski definition) is 2. The topological polar surface area (TPSA) is 67.4 Å². The first kappa shape index (κ1) is 20.9. The number of carbonyl (C=O) groups is 2. The van der Waals surface area contributed by atoms with Gasteiger partial charge in [0.25, 0.3) is 11.8 Å². The Morgan fingerprint density at radius 1 is 1.03 bits per heavy atom. The molecule has 4 rings (SSSR count). The van der Waals surface area contributed by atoms with Crippen LogP contribution in [-0.2, 0) is 4.79 Å². The largest absolute Gasteiger partial charge is 0.487 e. The molecule has 2 heterocycles. The molecule has 1 aliphatic heterocycles. The summed E-state index contributed by atoms with van der Waals surface area (Å²) in [4.78, 5) is 26.9. The van der Waals surface area contributed by atoms with Crippen LogP contribution in [0.1, 0.15) is 47.1 Å². The minimum absolute atomic E-state index is 0.207. The monoisotopic (exact) mass is 432 g/mol. The number of ether oxygens (including phenoxy) is 1. The molecule has 158 valence electrons. The number of rotatable bonds is 5. The lowest BCUT2D eigenvalue weighted by Gasteiger charge is -2.38. The molecule has 31 heavy (non-hydrogen) atoms. The van der Waals surface area contributed by atoms with Gasteiger partial charge in [-0.05, 0) is 49.6 Å². The van der Waals surface area contributed by atoms with Gasteiger partial charge in [0, 0.05) is 22.4 Å². The third-order valence-corrected chi connectivity index (χ3v) is 5.86. The molecule has 2 N–H and O–H groups in total. The Morgan fingerprint density at radius 3 is 2.52 bits per heavy atom. The Morgan fingerprint density at radius 2 is 1.77 bits per heavy atom. The van der Waals surface area contributed by atoms with Crippen molar-refractivity contribution in [3.8, 4) is 5.75 Å². The lowest BCUT2D eigenvalue weighted by Crippen LogP contribution is -2.43. The lowest BCUT2D eigenvalue weighted by molar-refractivity contribution is -0.119. The first-order valence-corrected chi connectivity index (χ1v) is 11.0. The summed E-state index contributed by atoms with van der Waals surface area (Å²) >= 11 is 1.50. The summed E-state index contributed by atoms with van der Waals surface area (Å²) in [5, 5.41) is 7.82. The zero-order chi connectivity index (χ0) is 21.8. The van der Waals surface area contributed by atoms with E-state index in [1.165, 1.54) is 11.3 Å². The fraction of sp³-hybridized carbons (Fsp3) is 0.200. The van der Waals surface area contributed by atoms with Crippen molar-refractivity contribution in [2.24, 2.45) is 0 Å². The summed E-state index contributed by atoms with van der Waals surface area (Å²) in [7, 11) is 0. The molecule has 0 aliphatic carbocycles. The Bertz CT molecular complexity index is 1100. The Labute approximate surface area is 185 Å². The van der Waals surface area contributed by atoms with Crippen LogP contribution in [0.15, 0.2) is 77.8 Å². The number of fused-ring (bicyclic) bond motifs is 1. The second-order valence-corrected chi connectivity index (χ2v) is 9.00. The van der Waals surface area contributed by atoms with Crippen LogP contribution >= 0.6 is 11.3 Å². The second-order valence-electron chi connectivity index (χ2n) is 8.02. The van der Waals surface area contributed by atoms with Crippen molar-refractivity contribution in [3.05, 3.63) is 93.8 Å². The van der Waals surface area contributed by atoms with E-state index < -0.39 is 5.60 Å². The number of amides is 2. The molecule has 0 fully saturated rings. The molecule has 0 bridgehead atoms. The average Bonchev–Trinajstić information content (AvgIpc) is 3.26. The molecular weight excluding hydrogens is 408 g/mol. The summed E-state index contributed by atoms with van der Waals surface area (Å²) in [5.41, 5.74) is 1.21. The van der Waals surface area contributed by atoms with E-state index in [0.717, 1.165) is 16.2 Å². The van der Waals surface area contributed by atoms with Crippen LogP contribution in [0.2, 0.25) is 0 Å². The predicted octanol–water partition coefficient (Wildman–Crippen LogP) is 4.94. The fourth-order valence-electron chi connectivity index (χ4n) is 3.63. The van der Waals surface area contributed by atoms with E-state index in [9.17, 15) is 9.59 Å². The van der Waals surface area contributed by atoms with Crippen molar-refractivity contribution in [1.82, 2.24) is 10.6 Å². The minimum atomic E-state index is -0.419. The van der Waals surface area contributed by atoms with Gasteiger partial charge in [-0.3, -0.25) is 9.59 Å². The third kappa shape index (κ3) is 5.03. The van der Waals surface area contributed by atoms with Crippen LogP contribution in [0.4, 0.5) is 0 Å². The quantitative estimate of drug-likeness (QED) is 0.562. The number of para-hydroxylation sites is 1. The molecule has 6 heteroatoms. The van der Waals surface area contributed by atoms with E-state index in [0.29, 0.717) is 12.0 Å². The Hall–Kier alpha value is -3.38. The molecular formula is C25H24N2O3S. The van der Waals surface area contributed by atoms with Crippen molar-refractivity contribution in [2.75, 3.05) is 0 Å². The number of thiophene rings is 1. The average molecular weight is 433 g/mol. The van der Waals surface area contributed by atoms with E-state index >= 15 is 0 Å². The van der Waals surface area contributed by atoms with Gasteiger partial charge in [0.2, 0.25) is 0 Å². The van der Waals surface area contributed by atoms with Gasteiger partial charge >= 0.3 is 0 Å². The van der Waals surface area contributed by atoms with Crippen molar-refractivity contribution >= 4 is 29.2 Å². The smallest absolute Gasteiger partial charge is 0.268 e. The first-order chi connectivity index (χ1) is 14.9. The summed E-state index contributed by atoms with van der Waals surface area (Å²) in [6, 6.07) is 20.2. The molecule has 0 saturated carbocycles. The van der Waals surface area contributed by atoms with Crippen LogP contribution < -0.4 is 15.4 Å². The number of carbonyl (C=O) groups excluding carboxylic acids is 2. The first-order valence-electron chi connectivity index (χ1n) is 10.1. The van der Waals surface area contributed by atoms with E-state index in [2.05, 4.69) is 10.6 Å². The van der Waals surface area contributed by atoms with Crippen LogP contribution in [0, 0.1) is 0 Å². The zero-order valence-electron chi connectivity index (χ0n) is 17.4. The normalized spacial score (nSPS) is 17.2. The minimum Gasteiger partial charge on any atom is -0.487 e. The van der Waals surface area contributed by atoms with Gasteiger partial charge in [-0.15, -0.1) is 11.3 Å². The number of hydrogen-bond acceptors (Lipinski definition) is 4. The maximum atomic E-state index is 13.3. The van der Waals surface area contributed by atoms with E-state index in [-0.39, 0.29) is 23.6 Å². The third-order valence-electron chi connectivity index (χ3n) is 5.04. The standard InChI is InChI=1S/C25H24N2O3S/c1-25(2)16-21(19-12-6-7-13-22(19)30-25)27-24(29)20(15-18-11-8-14-31-18)26-23(28)17-9-4-3-5-10-17/h3-15,21H,16H2,1-2H3,(H,26,28)(H,27,29)/b20-15-. The molecule has 5 nitrogen and oxygen atoms in total. The molecule has 2 aromatic carbocycles. The highest BCUT2D eigenvalue weighted by Crippen LogP contribution is 2.39. The van der Waals surface area contributed by atoms with E-state index in [1.54, 1.807) is 30.3 Å². The van der Waals surface area contributed by atoms with Crippen molar-refractivity contribution in [1.29, 1.82) is 0 Å². The molecule has 0 spiro atoms. The maximum Gasteiger partial charge on any atom is 0.268 e. The highest BCUT2D eigenvalue weighted by atomic mass is 32.1. The van der Waals surface area contributed by atoms with Gasteiger partial charge in [-0.25, -0.2) is 0 Å².